The van der Waals surface area contributed by atoms with Crippen molar-refractivity contribution in [3.05, 3.63) is 130 Å². The number of aromatic nitrogens is 2. The summed E-state index contributed by atoms with van der Waals surface area (Å²) in [5.41, 5.74) is 7.56. The number of hydrogen-bond donors (Lipinski definition) is 1. The monoisotopic (exact) mass is 849 g/mol. The lowest BCUT2D eigenvalue weighted by Gasteiger charge is -2.22. The number of nitrogens with zero attached hydrogens (tertiary/aromatic N) is 4. The average Bonchev–Trinajstić information content (AvgIpc) is 3.63. The standard InChI is InChI=1S/C44H44BrN5O8/c1-5-42(58-40-26-48-22-32-19-30(28-8-14-34(54-2)15-9-28)11-17-36(32)50(53)24-38(48)44(40)56-4)57-39-25-47-21-31-18-29(27-6-12-33(13-7-27)46-41(51)20-45)10-16-35(31)49(52)23-37(47)43(39)55-3/h6-17,23-26,31-32,42H,5,18-22H2,1-4H3,(H,46,51). The molecule has 2 aromatic heterocycles. The molecule has 8 rings (SSSR count). The number of benzene rings is 2. The zero-order chi connectivity index (χ0) is 40.5. The maximum atomic E-state index is 13.6. The first-order valence-electron chi connectivity index (χ1n) is 19.1. The number of carbonyl (C=O) groups is 1. The van der Waals surface area contributed by atoms with Crippen LogP contribution in [0.3, 0.4) is 0 Å². The number of carbonyl (C=O) groups excluding carboxylic acids is 1. The summed E-state index contributed by atoms with van der Waals surface area (Å²) >= 11 is 3.18. The van der Waals surface area contributed by atoms with Crippen LogP contribution in [0, 0.1) is 22.3 Å². The zero-order valence-corrected chi connectivity index (χ0v) is 34.2. The molecule has 300 valence electrons. The first-order chi connectivity index (χ1) is 28.2. The van der Waals surface area contributed by atoms with E-state index in [2.05, 4.69) is 21.2 Å². The van der Waals surface area contributed by atoms with Crippen LogP contribution < -0.4 is 29.0 Å². The van der Waals surface area contributed by atoms with Gasteiger partial charge in [0.05, 0.1) is 50.9 Å². The highest BCUT2D eigenvalue weighted by Gasteiger charge is 2.35. The summed E-state index contributed by atoms with van der Waals surface area (Å²) in [6.45, 7) is 3.00. The number of halogens is 1. The highest BCUT2D eigenvalue weighted by molar-refractivity contribution is 9.09. The van der Waals surface area contributed by atoms with Crippen LogP contribution in [0.4, 0.5) is 5.69 Å². The molecule has 0 spiro atoms. The fourth-order valence-corrected chi connectivity index (χ4v) is 8.20. The lowest BCUT2D eigenvalue weighted by atomic mass is 9.87. The number of ether oxygens (including phenoxy) is 5. The molecule has 4 heterocycles. The molecule has 2 aliphatic heterocycles. The van der Waals surface area contributed by atoms with E-state index in [-0.39, 0.29) is 23.1 Å². The molecule has 2 aliphatic carbocycles. The van der Waals surface area contributed by atoms with Gasteiger partial charge in [0, 0.05) is 37.3 Å². The molecular formula is C44H44BrN5O8. The van der Waals surface area contributed by atoms with Crippen LogP contribution in [0.5, 0.6) is 28.7 Å². The Morgan fingerprint density at radius 2 is 1.24 bits per heavy atom. The van der Waals surface area contributed by atoms with Crippen LogP contribution in [0.2, 0.25) is 0 Å². The second kappa shape index (κ2) is 16.4. The lowest BCUT2D eigenvalue weighted by Crippen LogP contribution is -2.23. The Balaban J connectivity index is 1.00. The van der Waals surface area contributed by atoms with Crippen LogP contribution >= 0.6 is 15.9 Å². The van der Waals surface area contributed by atoms with Gasteiger partial charge in [-0.2, -0.15) is 9.48 Å². The lowest BCUT2D eigenvalue weighted by molar-refractivity contribution is -0.404. The maximum absolute atomic E-state index is 13.6. The average molecular weight is 851 g/mol. The fraction of sp³-hybridized carbons (Fsp3) is 0.295. The van der Waals surface area contributed by atoms with Gasteiger partial charge in [0.15, 0.2) is 45.8 Å². The van der Waals surface area contributed by atoms with E-state index in [1.54, 1.807) is 27.5 Å². The van der Waals surface area contributed by atoms with Crippen LogP contribution in [-0.4, -0.2) is 69.9 Å². The van der Waals surface area contributed by atoms with Crippen LogP contribution in [0.15, 0.2) is 96.6 Å². The number of methoxy groups -OCH3 is 3. The van der Waals surface area contributed by atoms with Crippen molar-refractivity contribution in [2.75, 3.05) is 32.0 Å². The van der Waals surface area contributed by atoms with Crippen molar-refractivity contribution in [3.63, 3.8) is 0 Å². The molecule has 14 heteroatoms. The highest BCUT2D eigenvalue weighted by Crippen LogP contribution is 2.42. The molecule has 0 bridgehead atoms. The number of amides is 1. The number of hydrogen-bond acceptors (Lipinski definition) is 8. The molecular weight excluding hydrogens is 806 g/mol. The van der Waals surface area contributed by atoms with Gasteiger partial charge in [-0.3, -0.25) is 4.79 Å². The van der Waals surface area contributed by atoms with Crippen LogP contribution in [-0.2, 0) is 17.9 Å². The van der Waals surface area contributed by atoms with Gasteiger partial charge >= 0.3 is 0 Å². The third-order valence-electron chi connectivity index (χ3n) is 11.0. The predicted octanol–water partition coefficient (Wildman–Crippen LogP) is 7.70. The molecule has 2 aromatic carbocycles. The van der Waals surface area contributed by atoms with Crippen molar-refractivity contribution in [2.45, 2.75) is 45.6 Å². The van der Waals surface area contributed by atoms with Gasteiger partial charge in [-0.25, -0.2) is 0 Å². The van der Waals surface area contributed by atoms with Crippen molar-refractivity contribution in [2.24, 2.45) is 11.8 Å². The minimum Gasteiger partial charge on any atom is -0.618 e. The molecule has 0 radical (unpaired) electrons. The van der Waals surface area contributed by atoms with Gasteiger partial charge in [0.1, 0.15) is 5.75 Å². The summed E-state index contributed by atoms with van der Waals surface area (Å²) in [6, 6.07) is 15.6. The molecule has 3 atom stereocenters. The van der Waals surface area contributed by atoms with Crippen molar-refractivity contribution >= 4 is 51.1 Å². The van der Waals surface area contributed by atoms with E-state index in [9.17, 15) is 15.2 Å². The van der Waals surface area contributed by atoms with Gasteiger partial charge in [-0.15, -0.1) is 0 Å². The number of anilines is 1. The molecule has 0 fully saturated rings. The Morgan fingerprint density at radius 3 is 1.67 bits per heavy atom. The minimum atomic E-state index is -0.760. The van der Waals surface area contributed by atoms with Gasteiger partial charge in [0.25, 0.3) is 0 Å². The van der Waals surface area contributed by atoms with E-state index < -0.39 is 6.29 Å². The SMILES string of the molecule is CCC(Oc1cn2c(c1OC)C=[N+]([O-])C1=CC=C(c3ccc(NC(=O)CBr)cc3)CC1C2)Oc1cn2c(c1OC)C=[N+]([O-])C1=CC=C(c3ccc(OC)cc3)CC1C2. The second-order valence-electron chi connectivity index (χ2n) is 14.5. The molecule has 3 unspecified atom stereocenters. The minimum absolute atomic E-state index is 0.0805. The number of fused-ring (bicyclic) bond motifs is 4. The Morgan fingerprint density at radius 1 is 0.759 bits per heavy atom. The summed E-state index contributed by atoms with van der Waals surface area (Å²) < 4.78 is 35.9. The van der Waals surface area contributed by atoms with Crippen molar-refractivity contribution in [1.29, 1.82) is 0 Å². The third-order valence-corrected chi connectivity index (χ3v) is 11.5. The van der Waals surface area contributed by atoms with Gasteiger partial charge in [0.2, 0.25) is 24.6 Å². The van der Waals surface area contributed by atoms with E-state index in [0.717, 1.165) is 37.5 Å². The van der Waals surface area contributed by atoms with E-state index in [1.165, 1.54) is 6.21 Å². The molecule has 0 saturated carbocycles. The van der Waals surface area contributed by atoms with E-state index in [1.807, 2.05) is 101 Å². The van der Waals surface area contributed by atoms with Gasteiger partial charge in [-0.1, -0.05) is 59.3 Å². The van der Waals surface area contributed by atoms with Gasteiger partial charge < -0.3 is 48.5 Å². The maximum Gasteiger partial charge on any atom is 0.241 e. The van der Waals surface area contributed by atoms with Crippen LogP contribution in [0.25, 0.3) is 11.1 Å². The Bertz CT molecular complexity index is 2420. The molecule has 58 heavy (non-hydrogen) atoms. The van der Waals surface area contributed by atoms with Crippen molar-refractivity contribution < 1.29 is 38.0 Å². The number of rotatable bonds is 12. The molecule has 4 aliphatic rings. The van der Waals surface area contributed by atoms with E-state index in [0.29, 0.717) is 83.8 Å². The van der Waals surface area contributed by atoms with Gasteiger partial charge in [-0.05, 0) is 59.4 Å². The molecule has 1 N–H and O–H groups in total. The van der Waals surface area contributed by atoms with Crippen LogP contribution in [0.1, 0.15) is 48.7 Å². The predicted molar refractivity (Wildman–Crippen MR) is 225 cm³/mol. The third kappa shape index (κ3) is 7.51. The summed E-state index contributed by atoms with van der Waals surface area (Å²) in [6.07, 6.45) is 15.6. The number of allylic oxidation sites excluding steroid dienone is 8. The Labute approximate surface area is 344 Å². The van der Waals surface area contributed by atoms with E-state index >= 15 is 0 Å². The molecule has 4 aromatic rings. The Kier molecular flexibility index (Phi) is 10.9. The van der Waals surface area contributed by atoms with Crippen molar-refractivity contribution in [3.8, 4) is 28.7 Å². The number of hydroxylamine groups is 2. The summed E-state index contributed by atoms with van der Waals surface area (Å²) in [7, 11) is 4.76. The largest absolute Gasteiger partial charge is 0.618 e. The summed E-state index contributed by atoms with van der Waals surface area (Å²) in [5, 5.41) is 30.2. The first kappa shape index (κ1) is 38.7. The number of nitrogens with one attached hydrogen (secondary N) is 1. The van der Waals surface area contributed by atoms with E-state index in [4.69, 9.17) is 23.7 Å². The smallest absolute Gasteiger partial charge is 0.241 e. The highest BCUT2D eigenvalue weighted by atomic mass is 79.9. The quantitative estimate of drug-likeness (QED) is 0.0663. The fourth-order valence-electron chi connectivity index (χ4n) is 8.06. The Hall–Kier alpha value is -6.15. The molecule has 13 nitrogen and oxygen atoms in total. The van der Waals surface area contributed by atoms with Crippen molar-refractivity contribution in [1.82, 2.24) is 9.13 Å². The second-order valence-corrected chi connectivity index (χ2v) is 15.0. The topological polar surface area (TPSA) is 137 Å². The molecule has 0 saturated heterocycles. The zero-order valence-electron chi connectivity index (χ0n) is 32.6. The molecule has 1 amide bonds. The first-order valence-corrected chi connectivity index (χ1v) is 20.2. The normalized spacial score (nSPS) is 18.7. The summed E-state index contributed by atoms with van der Waals surface area (Å²) in [4.78, 5) is 11.8. The summed E-state index contributed by atoms with van der Waals surface area (Å²) in [5.74, 6) is 2.19. The number of alkyl halides is 1.